The number of pyridine rings is 1. The van der Waals surface area contributed by atoms with Crippen molar-refractivity contribution in [1.82, 2.24) is 4.98 Å². The number of nitrogens with zero attached hydrogens (tertiary/aromatic N) is 2. The fourth-order valence-electron chi connectivity index (χ4n) is 3.77. The van der Waals surface area contributed by atoms with Crippen LogP contribution in [-0.4, -0.2) is 24.2 Å². The van der Waals surface area contributed by atoms with E-state index in [9.17, 15) is 0 Å². The quantitative estimate of drug-likeness (QED) is 0.923. The molecule has 1 spiro atoms. The maximum atomic E-state index is 5.96. The van der Waals surface area contributed by atoms with Crippen molar-refractivity contribution in [3.63, 3.8) is 0 Å². The first-order valence-electron chi connectivity index (χ1n) is 8.26. The minimum Gasteiger partial charge on any atom is -0.473 e. The van der Waals surface area contributed by atoms with E-state index in [4.69, 9.17) is 10.5 Å². The molecule has 1 saturated heterocycles. The van der Waals surface area contributed by atoms with Crippen LogP contribution in [-0.2, 0) is 0 Å². The normalized spacial score (nSPS) is 21.2. The average molecular weight is 289 g/mol. The van der Waals surface area contributed by atoms with Gasteiger partial charge in [-0.2, -0.15) is 4.98 Å². The highest BCUT2D eigenvalue weighted by molar-refractivity contribution is 5.54. The predicted molar refractivity (Wildman–Crippen MR) is 86.8 cm³/mol. The van der Waals surface area contributed by atoms with Crippen molar-refractivity contribution < 1.29 is 4.74 Å². The molecule has 0 radical (unpaired) electrons. The average Bonchev–Trinajstić information content (AvgIpc) is 2.90. The van der Waals surface area contributed by atoms with Gasteiger partial charge in [0.15, 0.2) is 0 Å². The van der Waals surface area contributed by atoms with Gasteiger partial charge < -0.3 is 15.4 Å². The molecule has 1 aliphatic heterocycles. The first-order chi connectivity index (χ1) is 10.1. The number of nitrogens with two attached hydrogens (primary N) is 1. The number of anilines is 2. The molecule has 0 unspecified atom stereocenters. The van der Waals surface area contributed by atoms with Crippen LogP contribution in [0.25, 0.3) is 0 Å². The van der Waals surface area contributed by atoms with Gasteiger partial charge in [0, 0.05) is 13.1 Å². The van der Waals surface area contributed by atoms with Gasteiger partial charge in [0.25, 0.3) is 0 Å². The van der Waals surface area contributed by atoms with Crippen LogP contribution in [0.3, 0.4) is 0 Å². The Hall–Kier alpha value is -1.45. The molecule has 3 rings (SSSR count). The van der Waals surface area contributed by atoms with Crippen molar-refractivity contribution in [2.75, 3.05) is 23.7 Å². The number of nitrogen functional groups attached to an aromatic ring is 1. The monoisotopic (exact) mass is 289 g/mol. The third-order valence-electron chi connectivity index (χ3n) is 5.03. The van der Waals surface area contributed by atoms with Gasteiger partial charge in [0.05, 0.1) is 11.8 Å². The first kappa shape index (κ1) is 14.5. The lowest BCUT2D eigenvalue weighted by atomic mass is 9.77. The van der Waals surface area contributed by atoms with E-state index in [0.29, 0.717) is 17.0 Å². The fourth-order valence-corrected chi connectivity index (χ4v) is 3.77. The highest BCUT2D eigenvalue weighted by Crippen LogP contribution is 2.46. The summed E-state index contributed by atoms with van der Waals surface area (Å²) in [6.07, 6.45) is 8.41. The van der Waals surface area contributed by atoms with E-state index >= 15 is 0 Å². The van der Waals surface area contributed by atoms with E-state index in [1.54, 1.807) is 0 Å². The van der Waals surface area contributed by atoms with Crippen molar-refractivity contribution in [3.05, 3.63) is 12.1 Å². The van der Waals surface area contributed by atoms with Crippen molar-refractivity contribution in [2.24, 2.45) is 5.41 Å². The maximum Gasteiger partial charge on any atom is 0.239 e. The summed E-state index contributed by atoms with van der Waals surface area (Å²) in [4.78, 5) is 7.01. The van der Waals surface area contributed by atoms with Crippen molar-refractivity contribution in [3.8, 4) is 5.88 Å². The van der Waals surface area contributed by atoms with Crippen molar-refractivity contribution >= 4 is 11.5 Å². The minimum atomic E-state index is 0.0955. The Labute approximate surface area is 127 Å². The summed E-state index contributed by atoms with van der Waals surface area (Å²) in [7, 11) is 0. The summed E-state index contributed by atoms with van der Waals surface area (Å²) < 4.78 is 5.71. The Morgan fingerprint density at radius 3 is 2.43 bits per heavy atom. The lowest BCUT2D eigenvalue weighted by Gasteiger charge is -2.40. The highest BCUT2D eigenvalue weighted by Gasteiger charge is 2.37. The Morgan fingerprint density at radius 2 is 1.81 bits per heavy atom. The van der Waals surface area contributed by atoms with Crippen LogP contribution >= 0.6 is 0 Å². The zero-order valence-corrected chi connectivity index (χ0v) is 13.3. The van der Waals surface area contributed by atoms with E-state index in [-0.39, 0.29) is 6.10 Å². The van der Waals surface area contributed by atoms with Gasteiger partial charge in [-0.3, -0.25) is 0 Å². The minimum absolute atomic E-state index is 0.0955. The van der Waals surface area contributed by atoms with Crippen LogP contribution in [0.5, 0.6) is 5.88 Å². The molecule has 1 aliphatic carbocycles. The fraction of sp³-hybridized carbons (Fsp3) is 0.706. The lowest BCUT2D eigenvalue weighted by molar-refractivity contribution is 0.223. The van der Waals surface area contributed by atoms with E-state index in [1.165, 1.54) is 38.5 Å². The van der Waals surface area contributed by atoms with E-state index in [0.717, 1.165) is 18.9 Å². The second-order valence-corrected chi connectivity index (χ2v) is 6.92. The van der Waals surface area contributed by atoms with Crippen molar-refractivity contribution in [1.29, 1.82) is 0 Å². The molecule has 1 aromatic rings. The molecule has 1 aromatic heterocycles. The van der Waals surface area contributed by atoms with Gasteiger partial charge >= 0.3 is 0 Å². The molecule has 2 fully saturated rings. The molecule has 0 aromatic carbocycles. The topological polar surface area (TPSA) is 51.4 Å². The number of ether oxygens (including phenoxy) is 1. The molecule has 4 nitrogen and oxygen atoms in total. The van der Waals surface area contributed by atoms with Crippen LogP contribution < -0.4 is 15.4 Å². The van der Waals surface area contributed by atoms with Crippen LogP contribution in [0.4, 0.5) is 11.5 Å². The van der Waals surface area contributed by atoms with Crippen LogP contribution in [0.2, 0.25) is 0 Å². The van der Waals surface area contributed by atoms with Crippen LogP contribution in [0.1, 0.15) is 52.4 Å². The third-order valence-corrected chi connectivity index (χ3v) is 5.03. The summed E-state index contributed by atoms with van der Waals surface area (Å²) in [6, 6.07) is 3.94. The summed E-state index contributed by atoms with van der Waals surface area (Å²) in [5.41, 5.74) is 7.22. The number of hydrogen-bond donors (Lipinski definition) is 1. The smallest absolute Gasteiger partial charge is 0.239 e. The molecule has 4 heteroatoms. The molecule has 2 aliphatic rings. The van der Waals surface area contributed by atoms with Gasteiger partial charge in [-0.1, -0.05) is 12.8 Å². The number of aromatic nitrogens is 1. The standard InChI is InChI=1S/C17H27N3O/c1-13(2)21-16-14(18)5-6-15(19-16)20-11-9-17(10-12-20)7-3-4-8-17/h5-6,13H,3-4,7-12,18H2,1-2H3. The molecule has 116 valence electrons. The van der Waals surface area contributed by atoms with E-state index in [1.807, 2.05) is 26.0 Å². The van der Waals surface area contributed by atoms with Gasteiger partial charge in [-0.15, -0.1) is 0 Å². The van der Waals surface area contributed by atoms with Gasteiger partial charge in [0.2, 0.25) is 5.88 Å². The highest BCUT2D eigenvalue weighted by atomic mass is 16.5. The second kappa shape index (κ2) is 5.74. The SMILES string of the molecule is CC(C)Oc1nc(N2CCC3(CCCC3)CC2)ccc1N. The van der Waals surface area contributed by atoms with Gasteiger partial charge in [0.1, 0.15) is 5.82 Å². The zero-order chi connectivity index (χ0) is 14.9. The largest absolute Gasteiger partial charge is 0.473 e. The first-order valence-corrected chi connectivity index (χ1v) is 8.26. The Bertz CT molecular complexity index is 485. The molecular weight excluding hydrogens is 262 g/mol. The molecule has 2 N–H and O–H groups in total. The maximum absolute atomic E-state index is 5.96. The second-order valence-electron chi connectivity index (χ2n) is 6.92. The molecule has 0 amide bonds. The Kier molecular flexibility index (Phi) is 3.96. The number of piperidine rings is 1. The van der Waals surface area contributed by atoms with Crippen LogP contribution in [0, 0.1) is 5.41 Å². The van der Waals surface area contributed by atoms with Crippen LogP contribution in [0.15, 0.2) is 12.1 Å². The summed E-state index contributed by atoms with van der Waals surface area (Å²) in [5.74, 6) is 1.58. The number of rotatable bonds is 3. The summed E-state index contributed by atoms with van der Waals surface area (Å²) in [5, 5.41) is 0. The molecule has 0 bridgehead atoms. The molecule has 21 heavy (non-hydrogen) atoms. The lowest BCUT2D eigenvalue weighted by Crippen LogP contribution is -2.39. The van der Waals surface area contributed by atoms with Crippen molar-refractivity contribution in [2.45, 2.75) is 58.5 Å². The Morgan fingerprint density at radius 1 is 1.14 bits per heavy atom. The van der Waals surface area contributed by atoms with E-state index < -0.39 is 0 Å². The molecule has 0 atom stereocenters. The predicted octanol–water partition coefficient (Wildman–Crippen LogP) is 3.61. The third kappa shape index (κ3) is 3.09. The Balaban J connectivity index is 1.70. The summed E-state index contributed by atoms with van der Waals surface area (Å²) >= 11 is 0. The molecular formula is C17H27N3O. The van der Waals surface area contributed by atoms with Gasteiger partial charge in [-0.25, -0.2) is 0 Å². The van der Waals surface area contributed by atoms with E-state index in [2.05, 4.69) is 9.88 Å². The zero-order valence-electron chi connectivity index (χ0n) is 13.3. The molecule has 2 heterocycles. The summed E-state index contributed by atoms with van der Waals surface area (Å²) in [6.45, 7) is 6.22. The van der Waals surface area contributed by atoms with Gasteiger partial charge in [-0.05, 0) is 57.1 Å². The number of hydrogen-bond acceptors (Lipinski definition) is 4. The molecule has 1 saturated carbocycles.